The quantitative estimate of drug-likeness (QED) is 0.479. The number of aryl methyl sites for hydroxylation is 3. The summed E-state index contributed by atoms with van der Waals surface area (Å²) in [6, 6.07) is 8.27. The van der Waals surface area contributed by atoms with Gasteiger partial charge in [0.2, 0.25) is 5.91 Å². The molecule has 0 spiro atoms. The van der Waals surface area contributed by atoms with Gasteiger partial charge in [-0.2, -0.15) is 0 Å². The first-order valence-corrected chi connectivity index (χ1v) is 11.4. The van der Waals surface area contributed by atoms with Crippen LogP contribution in [0.25, 0.3) is 10.2 Å². The molecular formula is C21H21N3OS2. The zero-order chi connectivity index (χ0) is 18.2. The topological polar surface area (TPSA) is 46.1 Å². The van der Waals surface area contributed by atoms with Crippen molar-refractivity contribution in [3.8, 4) is 0 Å². The lowest BCUT2D eigenvalue weighted by atomic mass is 9.97. The molecule has 1 aliphatic heterocycles. The van der Waals surface area contributed by atoms with E-state index in [1.54, 1.807) is 18.1 Å². The molecule has 27 heavy (non-hydrogen) atoms. The van der Waals surface area contributed by atoms with Crippen LogP contribution in [0, 0.1) is 0 Å². The van der Waals surface area contributed by atoms with Crippen molar-refractivity contribution < 1.29 is 4.79 Å². The molecule has 1 aromatic carbocycles. The Morgan fingerprint density at radius 2 is 2.00 bits per heavy atom. The first kappa shape index (κ1) is 17.2. The van der Waals surface area contributed by atoms with Gasteiger partial charge in [0.25, 0.3) is 0 Å². The molecule has 138 valence electrons. The maximum atomic E-state index is 13.0. The highest BCUT2D eigenvalue weighted by Crippen LogP contribution is 2.39. The van der Waals surface area contributed by atoms with Crippen LogP contribution in [0.3, 0.4) is 0 Å². The number of aromatic nitrogens is 2. The Kier molecular flexibility index (Phi) is 4.61. The van der Waals surface area contributed by atoms with Crippen molar-refractivity contribution >= 4 is 44.9 Å². The van der Waals surface area contributed by atoms with Gasteiger partial charge in [-0.3, -0.25) is 4.79 Å². The van der Waals surface area contributed by atoms with Gasteiger partial charge in [0.15, 0.2) is 0 Å². The molecule has 5 rings (SSSR count). The van der Waals surface area contributed by atoms with E-state index in [4.69, 9.17) is 0 Å². The number of thiophene rings is 1. The molecule has 0 radical (unpaired) electrons. The fourth-order valence-corrected chi connectivity index (χ4v) is 6.37. The molecule has 2 aliphatic rings. The number of benzene rings is 1. The normalized spacial score (nSPS) is 16.2. The molecule has 3 aromatic rings. The number of fused-ring (bicyclic) bond motifs is 4. The molecule has 1 amide bonds. The first-order valence-electron chi connectivity index (χ1n) is 9.57. The van der Waals surface area contributed by atoms with Crippen LogP contribution in [0.5, 0.6) is 0 Å². The van der Waals surface area contributed by atoms with Gasteiger partial charge < -0.3 is 4.90 Å². The monoisotopic (exact) mass is 395 g/mol. The van der Waals surface area contributed by atoms with Crippen LogP contribution in [0.15, 0.2) is 35.6 Å². The predicted octanol–water partition coefficient (Wildman–Crippen LogP) is 4.64. The Hall–Kier alpha value is -1.92. The number of hydrogen-bond donors (Lipinski definition) is 0. The minimum atomic E-state index is 0.169. The Morgan fingerprint density at radius 1 is 1.11 bits per heavy atom. The van der Waals surface area contributed by atoms with Gasteiger partial charge in [-0.15, -0.1) is 11.3 Å². The standard InChI is InChI=1S/C21H21N3OS2/c25-18(24-11-5-7-14-6-1-3-9-16(14)24)12-26-20-19-15-8-2-4-10-17(15)27-21(19)23-13-22-20/h1,3,6,9,13H,2,4-5,7-8,10-12H2. The second-order valence-electron chi connectivity index (χ2n) is 7.14. The second kappa shape index (κ2) is 7.24. The number of carbonyl (C=O) groups is 1. The van der Waals surface area contributed by atoms with Gasteiger partial charge in [0, 0.05) is 22.5 Å². The number of rotatable bonds is 3. The third-order valence-electron chi connectivity index (χ3n) is 5.46. The second-order valence-corrected chi connectivity index (χ2v) is 9.18. The predicted molar refractivity (Wildman–Crippen MR) is 112 cm³/mol. The number of para-hydroxylation sites is 1. The lowest BCUT2D eigenvalue weighted by Crippen LogP contribution is -2.36. The van der Waals surface area contributed by atoms with Gasteiger partial charge in [0.1, 0.15) is 16.2 Å². The third-order valence-corrected chi connectivity index (χ3v) is 7.63. The number of hydrogen-bond acceptors (Lipinski definition) is 5. The van der Waals surface area contributed by atoms with Crippen molar-refractivity contribution in [3.63, 3.8) is 0 Å². The van der Waals surface area contributed by atoms with E-state index < -0.39 is 0 Å². The highest BCUT2D eigenvalue weighted by Gasteiger charge is 2.24. The minimum Gasteiger partial charge on any atom is -0.311 e. The van der Waals surface area contributed by atoms with Gasteiger partial charge in [-0.05, 0) is 55.7 Å². The minimum absolute atomic E-state index is 0.169. The van der Waals surface area contributed by atoms with Gasteiger partial charge in [0.05, 0.1) is 5.75 Å². The fourth-order valence-electron chi connectivity index (χ4n) is 4.17. The number of anilines is 1. The summed E-state index contributed by atoms with van der Waals surface area (Å²) in [5, 5.41) is 2.17. The zero-order valence-electron chi connectivity index (χ0n) is 15.1. The molecule has 1 aliphatic carbocycles. The molecule has 0 N–H and O–H groups in total. The van der Waals surface area contributed by atoms with Gasteiger partial charge >= 0.3 is 0 Å². The van der Waals surface area contributed by atoms with Crippen LogP contribution >= 0.6 is 23.1 Å². The van der Waals surface area contributed by atoms with Gasteiger partial charge in [-0.1, -0.05) is 30.0 Å². The maximum absolute atomic E-state index is 13.0. The fraction of sp³-hybridized carbons (Fsp3) is 0.381. The van der Waals surface area contributed by atoms with Crippen LogP contribution in [-0.4, -0.2) is 28.2 Å². The lowest BCUT2D eigenvalue weighted by molar-refractivity contribution is -0.116. The molecule has 0 fully saturated rings. The molecule has 3 heterocycles. The molecule has 0 saturated carbocycles. The average molecular weight is 396 g/mol. The highest BCUT2D eigenvalue weighted by atomic mass is 32.2. The number of carbonyl (C=O) groups excluding carboxylic acids is 1. The van der Waals surface area contributed by atoms with Crippen molar-refractivity contribution in [1.82, 2.24) is 9.97 Å². The Balaban J connectivity index is 1.39. The van der Waals surface area contributed by atoms with Crippen molar-refractivity contribution in [3.05, 3.63) is 46.6 Å². The summed E-state index contributed by atoms with van der Waals surface area (Å²) < 4.78 is 0. The highest BCUT2D eigenvalue weighted by molar-refractivity contribution is 8.00. The summed E-state index contributed by atoms with van der Waals surface area (Å²) in [6.07, 6.45) is 8.51. The van der Waals surface area contributed by atoms with Crippen LogP contribution in [-0.2, 0) is 24.1 Å². The van der Waals surface area contributed by atoms with Crippen LogP contribution < -0.4 is 4.90 Å². The number of thioether (sulfide) groups is 1. The SMILES string of the molecule is O=C(CSc1ncnc2sc3c(c12)CCCC3)N1CCCc2ccccc21. The molecular weight excluding hydrogens is 374 g/mol. The molecule has 0 atom stereocenters. The molecule has 4 nitrogen and oxygen atoms in total. The smallest absolute Gasteiger partial charge is 0.237 e. The maximum Gasteiger partial charge on any atom is 0.237 e. The lowest BCUT2D eigenvalue weighted by Gasteiger charge is -2.29. The van der Waals surface area contributed by atoms with Crippen molar-refractivity contribution in [1.29, 1.82) is 0 Å². The van der Waals surface area contributed by atoms with Gasteiger partial charge in [-0.25, -0.2) is 9.97 Å². The van der Waals surface area contributed by atoms with E-state index in [1.165, 1.54) is 34.2 Å². The molecule has 6 heteroatoms. The molecule has 0 bridgehead atoms. The largest absolute Gasteiger partial charge is 0.311 e. The van der Waals surface area contributed by atoms with Crippen molar-refractivity contribution in [2.45, 2.75) is 43.6 Å². The van der Waals surface area contributed by atoms with E-state index in [2.05, 4.69) is 28.2 Å². The summed E-state index contributed by atoms with van der Waals surface area (Å²) in [5.41, 5.74) is 3.79. The van der Waals surface area contributed by atoms with Crippen LogP contribution in [0.2, 0.25) is 0 Å². The summed E-state index contributed by atoms with van der Waals surface area (Å²) >= 11 is 3.38. The number of nitrogens with zero attached hydrogens (tertiary/aromatic N) is 3. The third kappa shape index (κ3) is 3.15. The zero-order valence-corrected chi connectivity index (χ0v) is 16.7. The van der Waals surface area contributed by atoms with Crippen LogP contribution in [0.1, 0.15) is 35.3 Å². The van der Waals surface area contributed by atoms with E-state index in [0.29, 0.717) is 5.75 Å². The molecule has 0 unspecified atom stereocenters. The Bertz CT molecular complexity index is 1010. The Labute approximate surface area is 167 Å². The number of amides is 1. The molecule has 0 saturated heterocycles. The van der Waals surface area contributed by atoms with Crippen LogP contribution in [0.4, 0.5) is 5.69 Å². The summed E-state index contributed by atoms with van der Waals surface area (Å²) in [6.45, 7) is 0.809. The average Bonchev–Trinajstić information content (AvgIpc) is 3.11. The summed E-state index contributed by atoms with van der Waals surface area (Å²) in [4.78, 5) is 26.5. The van der Waals surface area contributed by atoms with E-state index in [0.717, 1.165) is 47.8 Å². The van der Waals surface area contributed by atoms with E-state index in [-0.39, 0.29) is 5.91 Å². The van der Waals surface area contributed by atoms with E-state index in [9.17, 15) is 4.79 Å². The summed E-state index contributed by atoms with van der Waals surface area (Å²) in [7, 11) is 0. The van der Waals surface area contributed by atoms with E-state index >= 15 is 0 Å². The summed E-state index contributed by atoms with van der Waals surface area (Å²) in [5.74, 6) is 0.591. The van der Waals surface area contributed by atoms with E-state index in [1.807, 2.05) is 22.3 Å². The Morgan fingerprint density at radius 3 is 2.96 bits per heavy atom. The first-order chi connectivity index (χ1) is 13.3. The van der Waals surface area contributed by atoms with Crippen molar-refractivity contribution in [2.75, 3.05) is 17.2 Å². The molecule has 2 aromatic heterocycles. The van der Waals surface area contributed by atoms with Crippen molar-refractivity contribution in [2.24, 2.45) is 0 Å².